The van der Waals surface area contributed by atoms with Crippen molar-refractivity contribution in [3.8, 4) is 0 Å². The molecular formula is C9H9FO2. The van der Waals surface area contributed by atoms with E-state index in [2.05, 4.69) is 0 Å². The first-order chi connectivity index (χ1) is 5.79. The van der Waals surface area contributed by atoms with Gasteiger partial charge in [-0.2, -0.15) is 0 Å². The van der Waals surface area contributed by atoms with E-state index in [9.17, 15) is 9.18 Å². The fraction of sp³-hybridized carbons (Fsp3) is 0.222. The number of carbonyl (C=O) groups excluding carboxylic acids is 1. The molecule has 0 aromatic heterocycles. The summed E-state index contributed by atoms with van der Waals surface area (Å²) in [5.74, 6) is -0.420. The second-order valence-corrected chi connectivity index (χ2v) is 2.31. The average Bonchev–Trinajstić information content (AvgIpc) is 2.10. The topological polar surface area (TPSA) is 26.3 Å². The molecule has 64 valence electrons. The molecule has 0 N–H and O–H groups in total. The molecule has 0 fully saturated rings. The van der Waals surface area contributed by atoms with E-state index in [0.717, 1.165) is 0 Å². The van der Waals surface area contributed by atoms with Crippen molar-refractivity contribution < 1.29 is 13.9 Å². The highest BCUT2D eigenvalue weighted by Crippen LogP contribution is 2.16. The third-order valence-electron chi connectivity index (χ3n) is 1.59. The maximum absolute atomic E-state index is 13.0. The van der Waals surface area contributed by atoms with E-state index in [0.29, 0.717) is 6.29 Å². The minimum atomic E-state index is -0.800. The highest BCUT2D eigenvalue weighted by molar-refractivity contribution is 5.59. The number of hydrogen-bond donors (Lipinski definition) is 0. The van der Waals surface area contributed by atoms with E-state index in [1.165, 1.54) is 19.2 Å². The van der Waals surface area contributed by atoms with Gasteiger partial charge in [-0.05, 0) is 6.07 Å². The lowest BCUT2D eigenvalue weighted by molar-refractivity contribution is -0.116. The molecule has 0 saturated carbocycles. The Morgan fingerprint density at radius 2 is 2.17 bits per heavy atom. The van der Waals surface area contributed by atoms with Gasteiger partial charge in [-0.3, -0.25) is 0 Å². The molecule has 0 spiro atoms. The first kappa shape index (κ1) is 8.87. The van der Waals surface area contributed by atoms with Crippen LogP contribution in [0.4, 0.5) is 4.39 Å². The smallest absolute Gasteiger partial charge is 0.153 e. The minimum absolute atomic E-state index is 0.273. The molecule has 3 heteroatoms. The summed E-state index contributed by atoms with van der Waals surface area (Å²) < 4.78 is 17.7. The van der Waals surface area contributed by atoms with E-state index < -0.39 is 11.9 Å². The molecule has 1 rings (SSSR count). The van der Waals surface area contributed by atoms with Crippen LogP contribution in [0.2, 0.25) is 0 Å². The predicted molar refractivity (Wildman–Crippen MR) is 42.2 cm³/mol. The molecule has 1 aromatic rings. The quantitative estimate of drug-likeness (QED) is 0.642. The van der Waals surface area contributed by atoms with Gasteiger partial charge in [0.15, 0.2) is 6.29 Å². The summed E-state index contributed by atoms with van der Waals surface area (Å²) in [6.07, 6.45) is -0.232. The Labute approximate surface area is 70.0 Å². The standard InChI is InChI=1S/C9H9FO2/c1-12-9(6-11)7-4-2-3-5-8(7)10/h2-6,9H,1H3/t9-/m1/s1. The summed E-state index contributed by atoms with van der Waals surface area (Å²) in [6, 6.07) is 6.05. The fourth-order valence-electron chi connectivity index (χ4n) is 0.962. The molecule has 0 aliphatic carbocycles. The van der Waals surface area contributed by atoms with E-state index >= 15 is 0 Å². The lowest BCUT2D eigenvalue weighted by Crippen LogP contribution is -2.04. The third kappa shape index (κ3) is 1.68. The van der Waals surface area contributed by atoms with Crippen molar-refractivity contribution in [3.05, 3.63) is 35.6 Å². The Kier molecular flexibility index (Phi) is 2.94. The van der Waals surface area contributed by atoms with E-state index in [1.54, 1.807) is 12.1 Å². The maximum atomic E-state index is 13.0. The van der Waals surface area contributed by atoms with Crippen LogP contribution >= 0.6 is 0 Å². The molecule has 2 nitrogen and oxygen atoms in total. The first-order valence-corrected chi connectivity index (χ1v) is 3.52. The lowest BCUT2D eigenvalue weighted by Gasteiger charge is -2.08. The summed E-state index contributed by atoms with van der Waals surface area (Å²) in [5.41, 5.74) is 0.273. The maximum Gasteiger partial charge on any atom is 0.153 e. The number of ether oxygens (including phenoxy) is 1. The number of methoxy groups -OCH3 is 1. The highest BCUT2D eigenvalue weighted by Gasteiger charge is 2.12. The Morgan fingerprint density at radius 3 is 2.67 bits per heavy atom. The summed E-state index contributed by atoms with van der Waals surface area (Å²) >= 11 is 0. The van der Waals surface area contributed by atoms with Crippen molar-refractivity contribution in [1.29, 1.82) is 0 Å². The molecule has 0 unspecified atom stereocenters. The van der Waals surface area contributed by atoms with Gasteiger partial charge in [-0.15, -0.1) is 0 Å². The van der Waals surface area contributed by atoms with Crippen LogP contribution in [0.5, 0.6) is 0 Å². The molecule has 0 bridgehead atoms. The fourth-order valence-corrected chi connectivity index (χ4v) is 0.962. The molecule has 0 aliphatic rings. The summed E-state index contributed by atoms with van der Waals surface area (Å²) in [5, 5.41) is 0. The Morgan fingerprint density at radius 1 is 1.50 bits per heavy atom. The van der Waals surface area contributed by atoms with Gasteiger partial charge >= 0.3 is 0 Å². The monoisotopic (exact) mass is 168 g/mol. The third-order valence-corrected chi connectivity index (χ3v) is 1.59. The zero-order valence-corrected chi connectivity index (χ0v) is 6.66. The van der Waals surface area contributed by atoms with Crippen LogP contribution < -0.4 is 0 Å². The molecule has 12 heavy (non-hydrogen) atoms. The SMILES string of the molecule is CO[C@H](C=O)c1ccccc1F. The largest absolute Gasteiger partial charge is 0.369 e. The first-order valence-electron chi connectivity index (χ1n) is 3.52. The number of halogens is 1. The van der Waals surface area contributed by atoms with Crippen LogP contribution in [0.15, 0.2) is 24.3 Å². The van der Waals surface area contributed by atoms with Crippen molar-refractivity contribution in [2.45, 2.75) is 6.10 Å². The van der Waals surface area contributed by atoms with Gasteiger partial charge in [-0.1, -0.05) is 18.2 Å². The predicted octanol–water partition coefficient (Wildman–Crippen LogP) is 1.71. The molecular weight excluding hydrogens is 159 g/mol. The number of aldehydes is 1. The molecule has 1 aromatic carbocycles. The van der Waals surface area contributed by atoms with Crippen molar-refractivity contribution in [1.82, 2.24) is 0 Å². The second-order valence-electron chi connectivity index (χ2n) is 2.31. The zero-order chi connectivity index (χ0) is 8.97. The number of benzene rings is 1. The number of carbonyl (C=O) groups is 1. The van der Waals surface area contributed by atoms with Gasteiger partial charge in [0.25, 0.3) is 0 Å². The molecule has 0 radical (unpaired) electrons. The molecule has 0 saturated heterocycles. The summed E-state index contributed by atoms with van der Waals surface area (Å²) in [4.78, 5) is 10.4. The highest BCUT2D eigenvalue weighted by atomic mass is 19.1. The summed E-state index contributed by atoms with van der Waals surface area (Å²) in [7, 11) is 1.37. The van der Waals surface area contributed by atoms with Gasteiger partial charge < -0.3 is 9.53 Å². The Hall–Kier alpha value is -1.22. The minimum Gasteiger partial charge on any atom is -0.369 e. The van der Waals surface area contributed by atoms with Gasteiger partial charge in [0, 0.05) is 12.7 Å². The molecule has 0 amide bonds. The van der Waals surface area contributed by atoms with Gasteiger partial charge in [-0.25, -0.2) is 4.39 Å². The Bertz CT molecular complexity index is 273. The lowest BCUT2D eigenvalue weighted by atomic mass is 10.1. The average molecular weight is 168 g/mol. The molecule has 0 aliphatic heterocycles. The van der Waals surface area contributed by atoms with Gasteiger partial charge in [0.1, 0.15) is 11.9 Å². The van der Waals surface area contributed by atoms with E-state index in [4.69, 9.17) is 4.74 Å². The van der Waals surface area contributed by atoms with Crippen molar-refractivity contribution in [2.24, 2.45) is 0 Å². The van der Waals surface area contributed by atoms with Gasteiger partial charge in [0.2, 0.25) is 0 Å². The van der Waals surface area contributed by atoms with Crippen LogP contribution in [-0.2, 0) is 9.53 Å². The van der Waals surface area contributed by atoms with Crippen LogP contribution in [0.3, 0.4) is 0 Å². The van der Waals surface area contributed by atoms with Crippen LogP contribution in [0.1, 0.15) is 11.7 Å². The van der Waals surface area contributed by atoms with Crippen molar-refractivity contribution in [2.75, 3.05) is 7.11 Å². The Balaban J connectivity index is 3.00. The van der Waals surface area contributed by atoms with E-state index in [-0.39, 0.29) is 5.56 Å². The number of rotatable bonds is 3. The van der Waals surface area contributed by atoms with Crippen LogP contribution in [-0.4, -0.2) is 13.4 Å². The van der Waals surface area contributed by atoms with E-state index in [1.807, 2.05) is 0 Å². The zero-order valence-electron chi connectivity index (χ0n) is 6.66. The normalized spacial score (nSPS) is 12.5. The van der Waals surface area contributed by atoms with Crippen LogP contribution in [0, 0.1) is 5.82 Å². The van der Waals surface area contributed by atoms with Crippen molar-refractivity contribution in [3.63, 3.8) is 0 Å². The van der Waals surface area contributed by atoms with Crippen molar-refractivity contribution >= 4 is 6.29 Å². The van der Waals surface area contributed by atoms with Gasteiger partial charge in [0.05, 0.1) is 0 Å². The summed E-state index contributed by atoms with van der Waals surface area (Å²) in [6.45, 7) is 0. The van der Waals surface area contributed by atoms with Crippen LogP contribution in [0.25, 0.3) is 0 Å². The molecule has 0 heterocycles. The number of hydrogen-bond acceptors (Lipinski definition) is 2. The second kappa shape index (κ2) is 3.97. The molecule has 1 atom stereocenters.